The minimum Gasteiger partial charge on any atom is -0.396 e. The molecule has 6 heteroatoms. The third kappa shape index (κ3) is 6.15. The first-order valence-electron chi connectivity index (χ1n) is 8.24. The van der Waals surface area contributed by atoms with Gasteiger partial charge in [0, 0.05) is 13.2 Å². The molecule has 4 nitrogen and oxygen atoms in total. The van der Waals surface area contributed by atoms with E-state index < -0.39 is 11.6 Å². The van der Waals surface area contributed by atoms with Gasteiger partial charge in [-0.05, 0) is 48.6 Å². The van der Waals surface area contributed by atoms with E-state index in [4.69, 9.17) is 5.11 Å². The molecular formula is C19H22F2N2O2. The lowest BCUT2D eigenvalue weighted by Gasteiger charge is -2.19. The van der Waals surface area contributed by atoms with Crippen LogP contribution in [0.25, 0.3) is 0 Å². The zero-order valence-corrected chi connectivity index (χ0v) is 13.8. The zero-order chi connectivity index (χ0) is 18.1. The first kappa shape index (κ1) is 18.9. The van der Waals surface area contributed by atoms with Crippen molar-refractivity contribution < 1.29 is 18.7 Å². The van der Waals surface area contributed by atoms with E-state index in [2.05, 4.69) is 10.6 Å². The molecule has 0 aliphatic rings. The van der Waals surface area contributed by atoms with E-state index in [0.29, 0.717) is 12.8 Å². The van der Waals surface area contributed by atoms with Gasteiger partial charge in [-0.25, -0.2) is 13.6 Å². The second kappa shape index (κ2) is 9.74. The molecule has 0 saturated carbocycles. The number of carbonyl (C=O) groups excluding carboxylic acids is 1. The topological polar surface area (TPSA) is 61.4 Å². The van der Waals surface area contributed by atoms with Crippen molar-refractivity contribution in [2.45, 2.75) is 25.3 Å². The number of aliphatic hydroxyl groups is 1. The maximum atomic E-state index is 13.5. The molecule has 0 saturated heterocycles. The Kier molecular flexibility index (Phi) is 7.35. The number of halogens is 2. The number of urea groups is 1. The maximum Gasteiger partial charge on any atom is 0.315 e. The number of hydrogen-bond acceptors (Lipinski definition) is 2. The van der Waals surface area contributed by atoms with Gasteiger partial charge in [-0.3, -0.25) is 0 Å². The van der Waals surface area contributed by atoms with Crippen LogP contribution >= 0.6 is 0 Å². The van der Waals surface area contributed by atoms with E-state index in [1.165, 1.54) is 0 Å². The smallest absolute Gasteiger partial charge is 0.315 e. The Balaban J connectivity index is 1.87. The van der Waals surface area contributed by atoms with Gasteiger partial charge in [0.25, 0.3) is 0 Å². The first-order chi connectivity index (χ1) is 12.1. The highest BCUT2D eigenvalue weighted by atomic mass is 19.1. The van der Waals surface area contributed by atoms with Crippen LogP contribution in [0, 0.1) is 11.6 Å². The fourth-order valence-electron chi connectivity index (χ4n) is 2.56. The molecule has 2 aromatic rings. The van der Waals surface area contributed by atoms with Gasteiger partial charge >= 0.3 is 6.03 Å². The van der Waals surface area contributed by atoms with Gasteiger partial charge in [0.15, 0.2) is 0 Å². The summed E-state index contributed by atoms with van der Waals surface area (Å²) < 4.78 is 26.7. The lowest BCUT2D eigenvalue weighted by molar-refractivity contribution is 0.233. The lowest BCUT2D eigenvalue weighted by Crippen LogP contribution is -2.39. The lowest BCUT2D eigenvalue weighted by atomic mass is 10.0. The van der Waals surface area contributed by atoms with Gasteiger partial charge in [-0.1, -0.05) is 30.3 Å². The molecule has 0 aromatic heterocycles. The minimum absolute atomic E-state index is 0.0471. The molecule has 0 fully saturated rings. The number of hydrogen-bond donors (Lipinski definition) is 3. The molecule has 2 amide bonds. The fourth-order valence-corrected chi connectivity index (χ4v) is 2.56. The van der Waals surface area contributed by atoms with Gasteiger partial charge < -0.3 is 15.7 Å². The Bertz CT molecular complexity index is 680. The van der Waals surface area contributed by atoms with Gasteiger partial charge in [0.2, 0.25) is 0 Å². The number of benzene rings is 2. The standard InChI is InChI=1S/C19H22F2N2O2/c20-16-8-9-17(21)15(13-16)10-11-22-19(25)23-18(7-4-12-24)14-5-2-1-3-6-14/h1-3,5-6,8-9,13,18,24H,4,7,10-12H2,(H2,22,23,25). The monoisotopic (exact) mass is 348 g/mol. The van der Waals surface area contributed by atoms with Crippen LogP contribution in [0.5, 0.6) is 0 Å². The van der Waals surface area contributed by atoms with E-state index in [1.54, 1.807) is 0 Å². The number of aliphatic hydroxyl groups excluding tert-OH is 1. The number of nitrogens with one attached hydrogen (secondary N) is 2. The summed E-state index contributed by atoms with van der Waals surface area (Å²) in [4.78, 5) is 12.1. The van der Waals surface area contributed by atoms with Gasteiger partial charge in [0.05, 0.1) is 6.04 Å². The van der Waals surface area contributed by atoms with Gasteiger partial charge in [-0.15, -0.1) is 0 Å². The highest BCUT2D eigenvalue weighted by molar-refractivity contribution is 5.74. The van der Waals surface area contributed by atoms with E-state index in [0.717, 1.165) is 23.8 Å². The summed E-state index contributed by atoms with van der Waals surface area (Å²) in [6, 6.07) is 12.1. The van der Waals surface area contributed by atoms with Gasteiger partial charge in [0.1, 0.15) is 11.6 Å². The van der Waals surface area contributed by atoms with Crippen LogP contribution in [0.3, 0.4) is 0 Å². The molecule has 1 atom stereocenters. The van der Waals surface area contributed by atoms with Crippen molar-refractivity contribution in [2.75, 3.05) is 13.2 Å². The molecule has 25 heavy (non-hydrogen) atoms. The summed E-state index contributed by atoms with van der Waals surface area (Å²) in [5, 5.41) is 14.5. The first-order valence-corrected chi connectivity index (χ1v) is 8.24. The number of amides is 2. The number of rotatable bonds is 8. The minimum atomic E-state index is -0.506. The van der Waals surface area contributed by atoms with Crippen molar-refractivity contribution in [3.63, 3.8) is 0 Å². The quantitative estimate of drug-likeness (QED) is 0.685. The third-order valence-electron chi connectivity index (χ3n) is 3.85. The molecule has 134 valence electrons. The summed E-state index contributed by atoms with van der Waals surface area (Å²) in [5.41, 5.74) is 1.17. The van der Waals surface area contributed by atoms with Crippen molar-refractivity contribution >= 4 is 6.03 Å². The van der Waals surface area contributed by atoms with Crippen LogP contribution in [0.15, 0.2) is 48.5 Å². The zero-order valence-electron chi connectivity index (χ0n) is 13.8. The highest BCUT2D eigenvalue weighted by Gasteiger charge is 2.14. The Labute approximate surface area is 145 Å². The predicted octanol–water partition coefficient (Wildman–Crippen LogP) is 3.32. The molecule has 3 N–H and O–H groups in total. The summed E-state index contributed by atoms with van der Waals surface area (Å²) in [7, 11) is 0. The molecule has 0 spiro atoms. The molecule has 0 bridgehead atoms. The molecule has 1 unspecified atom stereocenters. The van der Waals surface area contributed by atoms with Crippen molar-refractivity contribution in [3.05, 3.63) is 71.3 Å². The van der Waals surface area contributed by atoms with E-state index >= 15 is 0 Å². The fraction of sp³-hybridized carbons (Fsp3) is 0.316. The van der Waals surface area contributed by atoms with Crippen molar-refractivity contribution in [3.8, 4) is 0 Å². The second-order valence-electron chi connectivity index (χ2n) is 5.72. The molecule has 0 aliphatic carbocycles. The Hall–Kier alpha value is -2.47. The highest BCUT2D eigenvalue weighted by Crippen LogP contribution is 2.18. The number of carbonyl (C=O) groups is 1. The molecule has 2 rings (SSSR count). The summed E-state index contributed by atoms with van der Waals surface area (Å²) in [5.74, 6) is -0.997. The third-order valence-corrected chi connectivity index (χ3v) is 3.85. The van der Waals surface area contributed by atoms with E-state index in [1.807, 2.05) is 30.3 Å². The van der Waals surface area contributed by atoms with Crippen LogP contribution in [0.2, 0.25) is 0 Å². The maximum absolute atomic E-state index is 13.5. The van der Waals surface area contributed by atoms with Crippen LogP contribution in [0.4, 0.5) is 13.6 Å². The summed E-state index contributed by atoms with van der Waals surface area (Å²) in [6.45, 7) is 0.235. The Morgan fingerprint density at radius 1 is 1.12 bits per heavy atom. The van der Waals surface area contributed by atoms with Crippen LogP contribution in [-0.4, -0.2) is 24.3 Å². The molecule has 0 heterocycles. The van der Waals surface area contributed by atoms with Crippen molar-refractivity contribution in [1.82, 2.24) is 10.6 Å². The van der Waals surface area contributed by atoms with Gasteiger partial charge in [-0.2, -0.15) is 0 Å². The SMILES string of the molecule is O=C(NCCc1cc(F)ccc1F)NC(CCCO)c1ccccc1. The molecule has 0 radical (unpaired) electrons. The van der Waals surface area contributed by atoms with Crippen molar-refractivity contribution in [2.24, 2.45) is 0 Å². The van der Waals surface area contributed by atoms with Crippen LogP contribution in [0.1, 0.15) is 30.0 Å². The van der Waals surface area contributed by atoms with E-state index in [-0.39, 0.29) is 37.2 Å². The summed E-state index contributed by atoms with van der Waals surface area (Å²) in [6.07, 6.45) is 1.37. The Morgan fingerprint density at radius 2 is 1.88 bits per heavy atom. The normalized spacial score (nSPS) is 11.8. The predicted molar refractivity (Wildman–Crippen MR) is 92.1 cm³/mol. The van der Waals surface area contributed by atoms with Crippen LogP contribution < -0.4 is 10.6 Å². The molecular weight excluding hydrogens is 326 g/mol. The second-order valence-corrected chi connectivity index (χ2v) is 5.72. The average Bonchev–Trinajstić information content (AvgIpc) is 2.62. The summed E-state index contributed by atoms with van der Waals surface area (Å²) >= 11 is 0. The average molecular weight is 348 g/mol. The van der Waals surface area contributed by atoms with Crippen LogP contribution in [-0.2, 0) is 6.42 Å². The largest absolute Gasteiger partial charge is 0.396 e. The van der Waals surface area contributed by atoms with E-state index in [9.17, 15) is 13.6 Å². The Morgan fingerprint density at radius 3 is 2.60 bits per heavy atom. The molecule has 2 aromatic carbocycles. The van der Waals surface area contributed by atoms with Crippen molar-refractivity contribution in [1.29, 1.82) is 0 Å². The molecule has 0 aliphatic heterocycles.